The van der Waals surface area contributed by atoms with Crippen LogP contribution in [-0.4, -0.2) is 26.6 Å². The molecule has 3 aromatic rings. The van der Waals surface area contributed by atoms with E-state index in [-0.39, 0.29) is 23.1 Å². The number of Topliss-reactive ketones (excluding diaryl/α,β-unsaturated/α-hetero) is 1. The van der Waals surface area contributed by atoms with Crippen molar-refractivity contribution in [2.24, 2.45) is 0 Å². The number of rotatable bonds is 4. The number of pyridine rings is 2. The molecule has 1 amide bonds. The summed E-state index contributed by atoms with van der Waals surface area (Å²) in [6.45, 7) is 1.49. The van der Waals surface area contributed by atoms with E-state index in [0.29, 0.717) is 22.5 Å². The molecule has 0 fully saturated rings. The maximum absolute atomic E-state index is 12.4. The maximum Gasteiger partial charge on any atom is 0.259 e. The normalized spacial score (nSPS) is 10.4. The van der Waals surface area contributed by atoms with Crippen molar-refractivity contribution in [3.8, 4) is 11.3 Å². The van der Waals surface area contributed by atoms with Crippen LogP contribution in [0.4, 0.5) is 11.5 Å². The van der Waals surface area contributed by atoms with Gasteiger partial charge in [0.15, 0.2) is 5.78 Å². The Balaban J connectivity index is 1.91. The predicted octanol–water partition coefficient (Wildman–Crippen LogP) is 2.51. The highest BCUT2D eigenvalue weighted by atomic mass is 16.1. The molecule has 0 saturated heterocycles. The first-order valence-electron chi connectivity index (χ1n) is 7.21. The largest absolute Gasteiger partial charge is 0.383 e. The molecule has 0 spiro atoms. The number of ketones is 1. The van der Waals surface area contributed by atoms with Gasteiger partial charge in [-0.25, -0.2) is 4.98 Å². The second-order valence-electron chi connectivity index (χ2n) is 5.21. The van der Waals surface area contributed by atoms with E-state index < -0.39 is 0 Å². The van der Waals surface area contributed by atoms with E-state index in [1.807, 2.05) is 0 Å². The molecule has 7 heteroatoms. The Labute approximate surface area is 138 Å². The Morgan fingerprint density at radius 2 is 1.96 bits per heavy atom. The molecule has 0 aliphatic rings. The van der Waals surface area contributed by atoms with Crippen LogP contribution < -0.4 is 11.1 Å². The van der Waals surface area contributed by atoms with Crippen molar-refractivity contribution in [1.82, 2.24) is 15.0 Å². The van der Waals surface area contributed by atoms with Crippen LogP contribution in [0.5, 0.6) is 0 Å². The van der Waals surface area contributed by atoms with Crippen molar-refractivity contribution in [2.75, 3.05) is 11.1 Å². The first-order valence-corrected chi connectivity index (χ1v) is 7.21. The molecule has 7 nitrogen and oxygen atoms in total. The third-order valence-electron chi connectivity index (χ3n) is 3.50. The summed E-state index contributed by atoms with van der Waals surface area (Å²) in [5.41, 5.74) is 8.60. The molecule has 0 atom stereocenters. The van der Waals surface area contributed by atoms with Gasteiger partial charge in [-0.2, -0.15) is 0 Å². The Hall–Kier alpha value is -3.48. The summed E-state index contributed by atoms with van der Waals surface area (Å²) in [5.74, 6) is -0.286. The highest BCUT2D eigenvalue weighted by molar-refractivity contribution is 6.07. The first-order chi connectivity index (χ1) is 11.5. The van der Waals surface area contributed by atoms with Crippen LogP contribution in [0.25, 0.3) is 11.3 Å². The van der Waals surface area contributed by atoms with Gasteiger partial charge in [-0.05, 0) is 31.2 Å². The van der Waals surface area contributed by atoms with E-state index in [2.05, 4.69) is 20.3 Å². The number of nitrogen functional groups attached to an aromatic ring is 1. The molecule has 3 heterocycles. The number of carbonyl (C=O) groups excluding carboxylic acids is 2. The van der Waals surface area contributed by atoms with Gasteiger partial charge in [-0.3, -0.25) is 14.6 Å². The molecule has 3 aromatic heterocycles. The second kappa shape index (κ2) is 6.33. The summed E-state index contributed by atoms with van der Waals surface area (Å²) < 4.78 is 0. The van der Waals surface area contributed by atoms with Gasteiger partial charge in [0.2, 0.25) is 0 Å². The molecule has 0 radical (unpaired) electrons. The smallest absolute Gasteiger partial charge is 0.259 e. The van der Waals surface area contributed by atoms with Crippen LogP contribution in [0, 0.1) is 0 Å². The van der Waals surface area contributed by atoms with Gasteiger partial charge < -0.3 is 16.0 Å². The monoisotopic (exact) mass is 321 g/mol. The number of carbonyl (C=O) groups is 2. The number of amides is 1. The van der Waals surface area contributed by atoms with Crippen LogP contribution in [0.1, 0.15) is 27.6 Å². The standard InChI is InChI=1S/C17H15N5O2/c1-10(23)11-7-15(20-8-11)12-6-14(16(18)21-9-12)17(24)22-13-2-4-19-5-3-13/h2-9,20H,1H3,(H2,18,21)(H,19,22,24). The van der Waals surface area contributed by atoms with Crippen molar-refractivity contribution in [1.29, 1.82) is 0 Å². The summed E-state index contributed by atoms with van der Waals surface area (Å²) >= 11 is 0. The van der Waals surface area contributed by atoms with Crippen molar-refractivity contribution >= 4 is 23.2 Å². The van der Waals surface area contributed by atoms with Gasteiger partial charge in [0.1, 0.15) is 5.82 Å². The van der Waals surface area contributed by atoms with E-state index >= 15 is 0 Å². The average Bonchev–Trinajstić information content (AvgIpc) is 3.06. The molecule has 4 N–H and O–H groups in total. The zero-order chi connectivity index (χ0) is 17.1. The van der Waals surface area contributed by atoms with Gasteiger partial charge in [0.25, 0.3) is 5.91 Å². The minimum atomic E-state index is -0.369. The number of hydrogen-bond acceptors (Lipinski definition) is 5. The zero-order valence-corrected chi connectivity index (χ0v) is 12.9. The molecule has 24 heavy (non-hydrogen) atoms. The lowest BCUT2D eigenvalue weighted by Gasteiger charge is -2.08. The number of nitrogens with two attached hydrogens (primary N) is 1. The summed E-state index contributed by atoms with van der Waals surface area (Å²) in [6.07, 6.45) is 6.32. The molecule has 0 saturated carbocycles. The van der Waals surface area contributed by atoms with E-state index in [1.165, 1.54) is 6.92 Å². The number of H-pyrrole nitrogens is 1. The third-order valence-corrected chi connectivity index (χ3v) is 3.50. The molecule has 0 aromatic carbocycles. The van der Waals surface area contributed by atoms with Crippen molar-refractivity contribution in [3.05, 3.63) is 60.2 Å². The molecule has 0 aliphatic carbocycles. The molecular weight excluding hydrogens is 306 g/mol. The van der Waals surface area contributed by atoms with Crippen molar-refractivity contribution in [3.63, 3.8) is 0 Å². The lowest BCUT2D eigenvalue weighted by molar-refractivity contribution is 0.101. The Morgan fingerprint density at radius 1 is 1.21 bits per heavy atom. The predicted molar refractivity (Wildman–Crippen MR) is 90.6 cm³/mol. The Bertz CT molecular complexity index is 902. The highest BCUT2D eigenvalue weighted by Gasteiger charge is 2.14. The number of anilines is 2. The summed E-state index contributed by atoms with van der Waals surface area (Å²) in [6, 6.07) is 6.69. The topological polar surface area (TPSA) is 114 Å². The molecule has 3 rings (SSSR count). The molecule has 0 bridgehead atoms. The van der Waals surface area contributed by atoms with Crippen LogP contribution in [0.2, 0.25) is 0 Å². The fourth-order valence-electron chi connectivity index (χ4n) is 2.20. The maximum atomic E-state index is 12.4. The Morgan fingerprint density at radius 3 is 2.62 bits per heavy atom. The molecule has 0 unspecified atom stereocenters. The van der Waals surface area contributed by atoms with Crippen LogP contribution >= 0.6 is 0 Å². The first kappa shape index (κ1) is 15.4. The minimum Gasteiger partial charge on any atom is -0.383 e. The van der Waals surface area contributed by atoms with E-state index in [9.17, 15) is 9.59 Å². The number of nitrogens with one attached hydrogen (secondary N) is 2. The zero-order valence-electron chi connectivity index (χ0n) is 12.9. The van der Waals surface area contributed by atoms with E-state index in [1.54, 1.807) is 49.1 Å². The number of aromatic amines is 1. The lowest BCUT2D eigenvalue weighted by Crippen LogP contribution is -2.15. The summed E-state index contributed by atoms with van der Waals surface area (Å²) in [5, 5.41) is 2.74. The van der Waals surface area contributed by atoms with Gasteiger partial charge in [0, 0.05) is 47.3 Å². The summed E-state index contributed by atoms with van der Waals surface area (Å²) in [7, 11) is 0. The molecular formula is C17H15N5O2. The number of aromatic nitrogens is 3. The number of hydrogen-bond donors (Lipinski definition) is 3. The van der Waals surface area contributed by atoms with Gasteiger partial charge in [0.05, 0.1) is 5.56 Å². The molecule has 120 valence electrons. The highest BCUT2D eigenvalue weighted by Crippen LogP contribution is 2.23. The van der Waals surface area contributed by atoms with Crippen LogP contribution in [0.15, 0.2) is 49.1 Å². The third kappa shape index (κ3) is 3.14. The fraction of sp³-hybridized carbons (Fsp3) is 0.0588. The van der Waals surface area contributed by atoms with Crippen molar-refractivity contribution in [2.45, 2.75) is 6.92 Å². The summed E-state index contributed by atoms with van der Waals surface area (Å²) in [4.78, 5) is 34.8. The fourth-order valence-corrected chi connectivity index (χ4v) is 2.20. The van der Waals surface area contributed by atoms with Crippen LogP contribution in [0.3, 0.4) is 0 Å². The molecule has 0 aliphatic heterocycles. The van der Waals surface area contributed by atoms with Gasteiger partial charge in [-0.15, -0.1) is 0 Å². The average molecular weight is 321 g/mol. The SMILES string of the molecule is CC(=O)c1c[nH]c(-c2cnc(N)c(C(=O)Nc3ccncc3)c2)c1. The van der Waals surface area contributed by atoms with Gasteiger partial charge >= 0.3 is 0 Å². The minimum absolute atomic E-state index is 0.0449. The van der Waals surface area contributed by atoms with Crippen LogP contribution in [-0.2, 0) is 0 Å². The second-order valence-corrected chi connectivity index (χ2v) is 5.21. The van der Waals surface area contributed by atoms with E-state index in [0.717, 1.165) is 0 Å². The Kier molecular flexibility index (Phi) is 4.07. The number of nitrogens with zero attached hydrogens (tertiary/aromatic N) is 2. The van der Waals surface area contributed by atoms with E-state index in [4.69, 9.17) is 5.73 Å². The van der Waals surface area contributed by atoms with Crippen molar-refractivity contribution < 1.29 is 9.59 Å². The lowest BCUT2D eigenvalue weighted by atomic mass is 10.1. The quantitative estimate of drug-likeness (QED) is 0.639. The van der Waals surface area contributed by atoms with Gasteiger partial charge in [-0.1, -0.05) is 0 Å².